The van der Waals surface area contributed by atoms with Crippen LogP contribution in [0, 0.1) is 0 Å². The number of hydrogen-bond acceptors (Lipinski definition) is 6. The highest BCUT2D eigenvalue weighted by atomic mass is 16.3. The van der Waals surface area contributed by atoms with E-state index in [2.05, 4.69) is 62.7 Å². The zero-order chi connectivity index (χ0) is 21.5. The Bertz CT molecular complexity index is 1310. The van der Waals surface area contributed by atoms with E-state index in [0.717, 1.165) is 54.2 Å². The lowest BCUT2D eigenvalue weighted by Gasteiger charge is -2.32. The fourth-order valence-electron chi connectivity index (χ4n) is 4.51. The van der Waals surface area contributed by atoms with Crippen LogP contribution in [0.2, 0.25) is 0 Å². The number of rotatable bonds is 4. The molecule has 6 rings (SSSR count). The van der Waals surface area contributed by atoms with Crippen LogP contribution in [0.5, 0.6) is 0 Å². The Kier molecular flexibility index (Phi) is 4.61. The van der Waals surface area contributed by atoms with Crippen molar-refractivity contribution in [3.63, 3.8) is 0 Å². The number of aliphatic hydroxyl groups excluding tert-OH is 1. The Morgan fingerprint density at radius 3 is 2.88 bits per heavy atom. The molecule has 0 radical (unpaired) electrons. The molecule has 7 heteroatoms. The van der Waals surface area contributed by atoms with Crippen molar-refractivity contribution in [1.29, 1.82) is 0 Å². The molecule has 2 aromatic heterocycles. The van der Waals surface area contributed by atoms with Gasteiger partial charge < -0.3 is 19.7 Å². The molecule has 2 aliphatic rings. The molecule has 4 heterocycles. The summed E-state index contributed by atoms with van der Waals surface area (Å²) in [6.07, 6.45) is 9.32. The first-order valence-electron chi connectivity index (χ1n) is 11.0. The van der Waals surface area contributed by atoms with Gasteiger partial charge in [-0.15, -0.1) is 0 Å². The van der Waals surface area contributed by atoms with Crippen LogP contribution in [0.4, 0.5) is 17.2 Å². The maximum Gasteiger partial charge on any atom is 0.180 e. The molecule has 1 unspecified atom stereocenters. The first kappa shape index (κ1) is 19.0. The molecule has 1 fully saturated rings. The van der Waals surface area contributed by atoms with Gasteiger partial charge in [0.15, 0.2) is 11.5 Å². The number of β-amino-alcohol motifs (C(OH)–C–C–N with tert-alkyl or cyclic N) is 1. The molecule has 0 saturated carbocycles. The minimum atomic E-state index is -0.243. The van der Waals surface area contributed by atoms with E-state index >= 15 is 0 Å². The molecule has 4 aromatic rings. The lowest BCUT2D eigenvalue weighted by atomic mass is 10.0. The van der Waals surface area contributed by atoms with Crippen LogP contribution in [-0.4, -0.2) is 44.9 Å². The summed E-state index contributed by atoms with van der Waals surface area (Å²) in [5.74, 6) is 0.713. The Hall–Kier alpha value is -3.71. The summed E-state index contributed by atoms with van der Waals surface area (Å²) in [7, 11) is 0. The lowest BCUT2D eigenvalue weighted by molar-refractivity contribution is 0.154. The number of aromatic nitrogens is 3. The summed E-state index contributed by atoms with van der Waals surface area (Å²) in [4.78, 5) is 16.0. The normalized spacial score (nSPS) is 17.7. The summed E-state index contributed by atoms with van der Waals surface area (Å²) in [6, 6.07) is 14.6. The Morgan fingerprint density at radius 2 is 2.00 bits per heavy atom. The van der Waals surface area contributed by atoms with Crippen LogP contribution in [0.3, 0.4) is 0 Å². The van der Waals surface area contributed by atoms with Gasteiger partial charge in [-0.1, -0.05) is 12.1 Å². The average Bonchev–Trinajstić information content (AvgIpc) is 3.48. The summed E-state index contributed by atoms with van der Waals surface area (Å²) >= 11 is 0. The molecule has 2 N–H and O–H groups in total. The molecule has 0 aliphatic carbocycles. The van der Waals surface area contributed by atoms with Crippen molar-refractivity contribution in [2.24, 2.45) is 4.99 Å². The van der Waals surface area contributed by atoms with E-state index in [1.54, 1.807) is 6.20 Å². The van der Waals surface area contributed by atoms with Gasteiger partial charge in [0.1, 0.15) is 0 Å². The van der Waals surface area contributed by atoms with Crippen LogP contribution in [-0.2, 0) is 6.54 Å². The van der Waals surface area contributed by atoms with Gasteiger partial charge in [0.2, 0.25) is 0 Å². The summed E-state index contributed by atoms with van der Waals surface area (Å²) in [6.45, 7) is 2.40. The van der Waals surface area contributed by atoms with E-state index in [1.165, 1.54) is 11.1 Å². The predicted octanol–water partition coefficient (Wildman–Crippen LogP) is 4.03. The summed E-state index contributed by atoms with van der Waals surface area (Å²) in [5, 5.41) is 13.4. The number of anilines is 3. The monoisotopic (exact) mass is 424 g/mol. The van der Waals surface area contributed by atoms with Gasteiger partial charge in [-0.2, -0.15) is 0 Å². The lowest BCUT2D eigenvalue weighted by Crippen LogP contribution is -2.38. The minimum Gasteiger partial charge on any atom is -0.391 e. The van der Waals surface area contributed by atoms with Crippen LogP contribution in [0.25, 0.3) is 16.9 Å². The quantitative estimate of drug-likeness (QED) is 0.517. The van der Waals surface area contributed by atoms with Gasteiger partial charge in [-0.05, 0) is 54.3 Å². The second-order valence-electron chi connectivity index (χ2n) is 8.43. The Labute approximate surface area is 186 Å². The molecule has 0 spiro atoms. The summed E-state index contributed by atoms with van der Waals surface area (Å²) < 4.78 is 2.00. The van der Waals surface area contributed by atoms with Crippen molar-refractivity contribution in [3.8, 4) is 11.3 Å². The van der Waals surface area contributed by atoms with Gasteiger partial charge in [0.05, 0.1) is 18.3 Å². The SMILES string of the molecule is OC1CCCN(c2ccc(Nc3nc(-c4ccc5c(c4)CN=C5)cn4ccnc34)cc2)C1. The average molecular weight is 425 g/mol. The van der Waals surface area contributed by atoms with Crippen LogP contribution in [0.1, 0.15) is 24.0 Å². The van der Waals surface area contributed by atoms with Gasteiger partial charge in [-0.3, -0.25) is 4.99 Å². The number of piperidine rings is 1. The molecule has 1 saturated heterocycles. The van der Waals surface area contributed by atoms with E-state index < -0.39 is 0 Å². The molecule has 2 aromatic carbocycles. The fraction of sp³-hybridized carbons (Fsp3) is 0.240. The smallest absolute Gasteiger partial charge is 0.180 e. The van der Waals surface area contributed by atoms with Crippen LogP contribution < -0.4 is 10.2 Å². The molecule has 2 aliphatic heterocycles. The van der Waals surface area contributed by atoms with Gasteiger partial charge in [0, 0.05) is 54.8 Å². The highest BCUT2D eigenvalue weighted by Crippen LogP contribution is 2.28. The molecule has 32 heavy (non-hydrogen) atoms. The van der Waals surface area contributed by atoms with Gasteiger partial charge in [0.25, 0.3) is 0 Å². The third-order valence-electron chi connectivity index (χ3n) is 6.20. The van der Waals surface area contributed by atoms with Crippen LogP contribution in [0.15, 0.2) is 66.0 Å². The minimum absolute atomic E-state index is 0.243. The maximum absolute atomic E-state index is 9.96. The number of hydrogen-bond donors (Lipinski definition) is 2. The van der Waals surface area contributed by atoms with Crippen molar-refractivity contribution in [3.05, 3.63) is 72.2 Å². The van der Waals surface area contributed by atoms with Crippen molar-refractivity contribution in [2.45, 2.75) is 25.5 Å². The first-order chi connectivity index (χ1) is 15.7. The molecule has 7 nitrogen and oxygen atoms in total. The maximum atomic E-state index is 9.96. The molecular weight excluding hydrogens is 400 g/mol. The van der Waals surface area contributed by atoms with E-state index in [0.29, 0.717) is 12.4 Å². The highest BCUT2D eigenvalue weighted by Gasteiger charge is 2.18. The van der Waals surface area contributed by atoms with Gasteiger partial charge >= 0.3 is 0 Å². The second-order valence-corrected chi connectivity index (χ2v) is 8.43. The first-order valence-corrected chi connectivity index (χ1v) is 11.0. The van der Waals surface area contributed by atoms with E-state index in [1.807, 2.05) is 23.0 Å². The predicted molar refractivity (Wildman–Crippen MR) is 127 cm³/mol. The number of imidazole rings is 1. The molecule has 1 atom stereocenters. The van der Waals surface area contributed by atoms with Crippen LogP contribution >= 0.6 is 0 Å². The summed E-state index contributed by atoms with van der Waals surface area (Å²) in [5.41, 5.74) is 7.20. The molecular formula is C25H24N6O. The molecule has 0 bridgehead atoms. The Balaban J connectivity index is 1.30. The topological polar surface area (TPSA) is 78.0 Å². The largest absolute Gasteiger partial charge is 0.391 e. The van der Waals surface area contributed by atoms with Crippen molar-refractivity contribution < 1.29 is 5.11 Å². The molecule has 0 amide bonds. The molecule has 160 valence electrons. The number of aliphatic imine (C=N–C) groups is 1. The number of aliphatic hydroxyl groups is 1. The number of nitrogens with zero attached hydrogens (tertiary/aromatic N) is 5. The fourth-order valence-corrected chi connectivity index (χ4v) is 4.51. The number of fused-ring (bicyclic) bond motifs is 2. The van der Waals surface area contributed by atoms with Crippen molar-refractivity contribution in [2.75, 3.05) is 23.3 Å². The van der Waals surface area contributed by atoms with Crippen molar-refractivity contribution in [1.82, 2.24) is 14.4 Å². The van der Waals surface area contributed by atoms with E-state index in [4.69, 9.17) is 4.98 Å². The third-order valence-corrected chi connectivity index (χ3v) is 6.20. The van der Waals surface area contributed by atoms with Gasteiger partial charge in [-0.25, -0.2) is 9.97 Å². The van der Waals surface area contributed by atoms with Crippen molar-refractivity contribution >= 4 is 29.1 Å². The zero-order valence-electron chi connectivity index (χ0n) is 17.6. The number of benzene rings is 2. The second kappa shape index (κ2) is 7.76. The van der Waals surface area contributed by atoms with E-state index in [9.17, 15) is 5.11 Å². The highest BCUT2D eigenvalue weighted by molar-refractivity contribution is 5.86. The third kappa shape index (κ3) is 3.50. The number of nitrogens with one attached hydrogen (secondary N) is 1. The van der Waals surface area contributed by atoms with E-state index in [-0.39, 0.29) is 6.10 Å². The Morgan fingerprint density at radius 1 is 1.09 bits per heavy atom. The zero-order valence-corrected chi connectivity index (χ0v) is 17.6. The standard InChI is InChI=1S/C25H24N6O/c32-22-2-1-10-30(15-22)21-7-5-20(6-8-21)28-24-25-27-9-11-31(25)16-23(29-24)17-3-4-18-13-26-14-19(18)12-17/h3-9,11-13,16,22,32H,1-2,10,14-15H2,(H,28,29).